The highest BCUT2D eigenvalue weighted by Gasteiger charge is 2.30. The molecule has 1 amide bonds. The molecule has 0 aliphatic carbocycles. The SMILES string of the molecule is CC[C@@H](Oc1ccc(C(=O)NS(=O)(=O)N2CCN(C)CC2)c(F)c1F)c1ccc(Oc2ccccn2)cn1. The number of carbonyl (C=O) groups excluding carboxylic acids is 1. The molecule has 1 aliphatic heterocycles. The van der Waals surface area contributed by atoms with E-state index >= 15 is 0 Å². The number of hydrogen-bond acceptors (Lipinski definition) is 8. The minimum Gasteiger partial charge on any atom is -0.481 e. The first-order valence-corrected chi connectivity index (χ1v) is 13.3. The predicted octanol–water partition coefficient (Wildman–Crippen LogP) is 3.30. The fourth-order valence-electron chi connectivity index (χ4n) is 3.74. The van der Waals surface area contributed by atoms with Gasteiger partial charge in [0.05, 0.1) is 17.5 Å². The van der Waals surface area contributed by atoms with Gasteiger partial charge in [0.1, 0.15) is 11.9 Å². The molecular formula is C25H27F2N5O5S. The van der Waals surface area contributed by atoms with Crippen LogP contribution in [0.2, 0.25) is 0 Å². The van der Waals surface area contributed by atoms with Crippen LogP contribution in [0.25, 0.3) is 0 Å². The Bertz CT molecular complexity index is 1370. The minimum absolute atomic E-state index is 0.172. The Kier molecular flexibility index (Phi) is 8.49. The van der Waals surface area contributed by atoms with E-state index < -0.39 is 45.2 Å². The molecule has 1 saturated heterocycles. The number of piperazine rings is 1. The maximum Gasteiger partial charge on any atom is 0.304 e. The molecule has 3 aromatic rings. The molecule has 1 fully saturated rings. The minimum atomic E-state index is -4.21. The first-order chi connectivity index (χ1) is 18.2. The van der Waals surface area contributed by atoms with Gasteiger partial charge in [0.25, 0.3) is 5.91 Å². The maximum atomic E-state index is 14.9. The van der Waals surface area contributed by atoms with Crippen LogP contribution in [0.15, 0.2) is 54.9 Å². The number of rotatable bonds is 9. The monoisotopic (exact) mass is 547 g/mol. The number of benzene rings is 1. The van der Waals surface area contributed by atoms with E-state index in [0.29, 0.717) is 36.8 Å². The van der Waals surface area contributed by atoms with Crippen LogP contribution in [0.3, 0.4) is 0 Å². The van der Waals surface area contributed by atoms with Gasteiger partial charge in [-0.25, -0.2) is 14.1 Å². The van der Waals surface area contributed by atoms with Crippen molar-refractivity contribution in [2.45, 2.75) is 19.4 Å². The van der Waals surface area contributed by atoms with Crippen LogP contribution in [0.5, 0.6) is 17.4 Å². The normalized spacial score (nSPS) is 15.6. The van der Waals surface area contributed by atoms with Crippen molar-refractivity contribution in [3.05, 3.63) is 77.8 Å². The number of amides is 1. The zero-order valence-electron chi connectivity index (χ0n) is 20.8. The summed E-state index contributed by atoms with van der Waals surface area (Å²) in [5.41, 5.74) is -0.310. The Hall–Kier alpha value is -3.68. The van der Waals surface area contributed by atoms with Crippen LogP contribution in [-0.2, 0) is 10.2 Å². The molecule has 13 heteroatoms. The van der Waals surface area contributed by atoms with Gasteiger partial charge in [-0.15, -0.1) is 0 Å². The number of pyridine rings is 2. The highest BCUT2D eigenvalue weighted by atomic mass is 32.2. The lowest BCUT2D eigenvalue weighted by Crippen LogP contribution is -2.52. The van der Waals surface area contributed by atoms with E-state index in [4.69, 9.17) is 9.47 Å². The van der Waals surface area contributed by atoms with E-state index in [2.05, 4.69) is 9.97 Å². The number of ether oxygens (including phenoxy) is 2. The third-order valence-electron chi connectivity index (χ3n) is 5.90. The quantitative estimate of drug-likeness (QED) is 0.434. The zero-order valence-corrected chi connectivity index (χ0v) is 21.6. The summed E-state index contributed by atoms with van der Waals surface area (Å²) < 4.78 is 68.9. The molecule has 202 valence electrons. The maximum absolute atomic E-state index is 14.9. The Morgan fingerprint density at radius 2 is 1.82 bits per heavy atom. The molecule has 38 heavy (non-hydrogen) atoms. The lowest BCUT2D eigenvalue weighted by atomic mass is 10.1. The van der Waals surface area contributed by atoms with Gasteiger partial charge in [0.2, 0.25) is 11.7 Å². The van der Waals surface area contributed by atoms with Crippen LogP contribution < -0.4 is 14.2 Å². The average Bonchev–Trinajstić information content (AvgIpc) is 2.90. The summed E-state index contributed by atoms with van der Waals surface area (Å²) in [6, 6.07) is 10.6. The van der Waals surface area contributed by atoms with E-state index in [1.54, 1.807) is 43.5 Å². The van der Waals surface area contributed by atoms with Crippen molar-refractivity contribution >= 4 is 16.1 Å². The van der Waals surface area contributed by atoms with Gasteiger partial charge in [-0.3, -0.25) is 9.78 Å². The van der Waals surface area contributed by atoms with Crippen molar-refractivity contribution < 1.29 is 31.5 Å². The second-order valence-electron chi connectivity index (χ2n) is 8.58. The fraction of sp³-hybridized carbons (Fsp3) is 0.320. The van der Waals surface area contributed by atoms with Gasteiger partial charge in [0.15, 0.2) is 11.6 Å². The molecule has 2 aromatic heterocycles. The Morgan fingerprint density at radius 1 is 1.05 bits per heavy atom. The first kappa shape index (κ1) is 27.4. The number of nitrogens with one attached hydrogen (secondary N) is 1. The fourth-order valence-corrected chi connectivity index (χ4v) is 4.86. The van der Waals surface area contributed by atoms with E-state index in [1.165, 1.54) is 6.20 Å². The van der Waals surface area contributed by atoms with Crippen LogP contribution >= 0.6 is 0 Å². The van der Waals surface area contributed by atoms with Gasteiger partial charge in [-0.1, -0.05) is 13.0 Å². The van der Waals surface area contributed by atoms with E-state index in [1.807, 2.05) is 16.7 Å². The molecule has 1 N–H and O–H groups in total. The van der Waals surface area contributed by atoms with Gasteiger partial charge < -0.3 is 14.4 Å². The molecule has 0 saturated carbocycles. The summed E-state index contributed by atoms with van der Waals surface area (Å²) in [7, 11) is -2.37. The number of likely N-dealkylation sites (N-methyl/N-ethyl adjacent to an activating group) is 1. The molecule has 1 aromatic carbocycles. The molecule has 4 rings (SSSR count). The van der Waals surface area contributed by atoms with Crippen LogP contribution in [0.4, 0.5) is 8.78 Å². The van der Waals surface area contributed by atoms with Crippen molar-refractivity contribution in [1.82, 2.24) is 23.9 Å². The van der Waals surface area contributed by atoms with E-state index in [9.17, 15) is 22.0 Å². The predicted molar refractivity (Wildman–Crippen MR) is 134 cm³/mol. The number of hydrogen-bond donors (Lipinski definition) is 1. The number of carbonyl (C=O) groups is 1. The van der Waals surface area contributed by atoms with Gasteiger partial charge in [0, 0.05) is 38.4 Å². The molecule has 0 unspecified atom stereocenters. The third kappa shape index (κ3) is 6.41. The van der Waals surface area contributed by atoms with Crippen molar-refractivity contribution in [2.75, 3.05) is 33.2 Å². The van der Waals surface area contributed by atoms with Crippen molar-refractivity contribution in [2.24, 2.45) is 0 Å². The lowest BCUT2D eigenvalue weighted by Gasteiger charge is -2.31. The Balaban J connectivity index is 1.44. The van der Waals surface area contributed by atoms with Crippen molar-refractivity contribution in [1.29, 1.82) is 0 Å². The first-order valence-electron chi connectivity index (χ1n) is 11.9. The Morgan fingerprint density at radius 3 is 2.45 bits per heavy atom. The van der Waals surface area contributed by atoms with Crippen LogP contribution in [0, 0.1) is 11.6 Å². The second-order valence-corrected chi connectivity index (χ2v) is 10.3. The number of aromatic nitrogens is 2. The molecule has 0 radical (unpaired) electrons. The largest absolute Gasteiger partial charge is 0.481 e. The molecule has 10 nitrogen and oxygen atoms in total. The van der Waals surface area contributed by atoms with E-state index in [0.717, 1.165) is 16.4 Å². The van der Waals surface area contributed by atoms with Crippen molar-refractivity contribution in [3.63, 3.8) is 0 Å². The summed E-state index contributed by atoms with van der Waals surface area (Å²) in [6.45, 7) is 3.09. The molecule has 1 atom stereocenters. The van der Waals surface area contributed by atoms with Crippen molar-refractivity contribution in [3.8, 4) is 17.4 Å². The van der Waals surface area contributed by atoms with E-state index in [-0.39, 0.29) is 13.1 Å². The molecule has 0 bridgehead atoms. The topological polar surface area (TPSA) is 114 Å². The summed E-state index contributed by atoms with van der Waals surface area (Å²) in [5, 5.41) is 0. The van der Waals surface area contributed by atoms with Crippen LogP contribution in [0.1, 0.15) is 35.5 Å². The summed E-state index contributed by atoms with van der Waals surface area (Å²) in [5.74, 6) is -3.82. The van der Waals surface area contributed by atoms with Crippen LogP contribution in [-0.4, -0.2) is 66.7 Å². The average molecular weight is 548 g/mol. The van der Waals surface area contributed by atoms with Gasteiger partial charge in [-0.2, -0.15) is 17.1 Å². The molecule has 3 heterocycles. The molecule has 0 spiro atoms. The molecule has 1 aliphatic rings. The second kappa shape index (κ2) is 11.8. The van der Waals surface area contributed by atoms with Gasteiger partial charge in [-0.05, 0) is 43.8 Å². The Labute approximate surface area is 219 Å². The standard InChI is InChI=1S/C25H27F2N5O5S/c1-3-20(19-9-7-17(16-29-19)36-22-6-4-5-11-28-22)37-21-10-8-18(23(26)24(21)27)25(33)30-38(34,35)32-14-12-31(2)13-15-32/h4-11,16,20H,3,12-15H2,1-2H3,(H,30,33)/t20-/m1/s1. The highest BCUT2D eigenvalue weighted by Crippen LogP contribution is 2.30. The highest BCUT2D eigenvalue weighted by molar-refractivity contribution is 7.87. The smallest absolute Gasteiger partial charge is 0.304 e. The van der Waals surface area contributed by atoms with Gasteiger partial charge >= 0.3 is 10.2 Å². The number of halogens is 2. The third-order valence-corrected chi connectivity index (χ3v) is 7.39. The number of nitrogens with zero attached hydrogens (tertiary/aromatic N) is 4. The summed E-state index contributed by atoms with van der Waals surface area (Å²) >= 11 is 0. The summed E-state index contributed by atoms with van der Waals surface area (Å²) in [6.07, 6.45) is 2.69. The zero-order chi connectivity index (χ0) is 27.3. The lowest BCUT2D eigenvalue weighted by molar-refractivity contribution is 0.0972. The summed E-state index contributed by atoms with van der Waals surface area (Å²) in [4.78, 5) is 22.8. The molecular weight excluding hydrogens is 520 g/mol.